The van der Waals surface area contributed by atoms with Crippen LogP contribution in [0.5, 0.6) is 0 Å². The molecule has 8 heteroatoms. The number of pyridine rings is 1. The number of carbonyl (C=O) groups is 2. The molecule has 1 aliphatic rings. The van der Waals surface area contributed by atoms with E-state index in [1.165, 1.54) is 30.6 Å². The number of rotatable bonds is 5. The van der Waals surface area contributed by atoms with Gasteiger partial charge < -0.3 is 15.4 Å². The topological polar surface area (TPSA) is 80.3 Å². The highest BCUT2D eigenvalue weighted by Crippen LogP contribution is 2.20. The third kappa shape index (κ3) is 4.56. The standard InChI is InChI=1S/C18H17ClFN3O3/c19-15-7-13(3-4-16(15)20)23-18(25)12-6-11(8-21-9-12)17(24)22-10-14-2-1-5-26-14/h3-4,6-9,14H,1-2,5,10H2,(H,22,24)(H,23,25). The molecule has 2 N–H and O–H groups in total. The van der Waals surface area contributed by atoms with Crippen LogP contribution in [0, 0.1) is 5.82 Å². The fourth-order valence-corrected chi connectivity index (χ4v) is 2.76. The third-order valence-electron chi connectivity index (χ3n) is 3.95. The van der Waals surface area contributed by atoms with Crippen molar-refractivity contribution in [1.82, 2.24) is 10.3 Å². The molecule has 1 unspecified atom stereocenters. The molecular formula is C18H17ClFN3O3. The van der Waals surface area contributed by atoms with Crippen molar-refractivity contribution in [2.75, 3.05) is 18.5 Å². The number of benzene rings is 1. The first-order valence-electron chi connectivity index (χ1n) is 8.14. The molecular weight excluding hydrogens is 361 g/mol. The van der Waals surface area contributed by atoms with Crippen molar-refractivity contribution in [3.8, 4) is 0 Å². The van der Waals surface area contributed by atoms with Crippen LogP contribution in [0.3, 0.4) is 0 Å². The Morgan fingerprint density at radius 1 is 1.23 bits per heavy atom. The van der Waals surface area contributed by atoms with Gasteiger partial charge in [-0.25, -0.2) is 4.39 Å². The molecule has 0 spiro atoms. The van der Waals surface area contributed by atoms with Crippen molar-refractivity contribution in [3.63, 3.8) is 0 Å². The average Bonchev–Trinajstić information content (AvgIpc) is 3.16. The van der Waals surface area contributed by atoms with Gasteiger partial charge in [-0.3, -0.25) is 14.6 Å². The van der Waals surface area contributed by atoms with Crippen molar-refractivity contribution in [3.05, 3.63) is 58.6 Å². The number of anilines is 1. The Morgan fingerprint density at radius 3 is 2.69 bits per heavy atom. The Balaban J connectivity index is 1.64. The van der Waals surface area contributed by atoms with E-state index in [4.69, 9.17) is 16.3 Å². The molecule has 1 fully saturated rings. The van der Waals surface area contributed by atoms with Gasteiger partial charge in [-0.1, -0.05) is 11.6 Å². The van der Waals surface area contributed by atoms with E-state index in [0.29, 0.717) is 18.8 Å². The molecule has 2 heterocycles. The number of amides is 2. The van der Waals surface area contributed by atoms with E-state index in [1.54, 1.807) is 0 Å². The van der Waals surface area contributed by atoms with Gasteiger partial charge in [0, 0.05) is 31.2 Å². The summed E-state index contributed by atoms with van der Waals surface area (Å²) in [6, 6.07) is 5.30. The van der Waals surface area contributed by atoms with Gasteiger partial charge in [0.05, 0.1) is 22.3 Å². The van der Waals surface area contributed by atoms with Gasteiger partial charge in [0.2, 0.25) is 0 Å². The van der Waals surface area contributed by atoms with Crippen molar-refractivity contribution >= 4 is 29.1 Å². The molecule has 2 amide bonds. The minimum absolute atomic E-state index is 0.0293. The molecule has 1 atom stereocenters. The van der Waals surface area contributed by atoms with Crippen molar-refractivity contribution in [2.24, 2.45) is 0 Å². The van der Waals surface area contributed by atoms with Crippen molar-refractivity contribution < 1.29 is 18.7 Å². The van der Waals surface area contributed by atoms with Gasteiger partial charge >= 0.3 is 0 Å². The smallest absolute Gasteiger partial charge is 0.257 e. The molecule has 0 saturated carbocycles. The summed E-state index contributed by atoms with van der Waals surface area (Å²) in [5, 5.41) is 5.27. The molecule has 0 radical (unpaired) electrons. The zero-order valence-electron chi connectivity index (χ0n) is 13.8. The summed E-state index contributed by atoms with van der Waals surface area (Å²) in [5.74, 6) is -1.38. The van der Waals surface area contributed by atoms with Crippen LogP contribution in [-0.2, 0) is 4.74 Å². The van der Waals surface area contributed by atoms with Gasteiger partial charge in [-0.2, -0.15) is 0 Å². The average molecular weight is 378 g/mol. The van der Waals surface area contributed by atoms with E-state index >= 15 is 0 Å². The summed E-state index contributed by atoms with van der Waals surface area (Å²) in [7, 11) is 0. The zero-order chi connectivity index (χ0) is 18.5. The number of aromatic nitrogens is 1. The predicted octanol–water partition coefficient (Wildman–Crippen LogP) is 3.04. The minimum atomic E-state index is -0.573. The van der Waals surface area contributed by atoms with Crippen LogP contribution in [0.1, 0.15) is 33.6 Å². The predicted molar refractivity (Wildman–Crippen MR) is 94.9 cm³/mol. The normalized spacial score (nSPS) is 16.3. The molecule has 6 nitrogen and oxygen atoms in total. The lowest BCUT2D eigenvalue weighted by atomic mass is 10.1. The molecule has 2 aromatic rings. The Hall–Kier alpha value is -2.51. The van der Waals surface area contributed by atoms with Crippen molar-refractivity contribution in [1.29, 1.82) is 0 Å². The van der Waals surface area contributed by atoms with E-state index in [-0.39, 0.29) is 28.2 Å². The fraction of sp³-hybridized carbons (Fsp3) is 0.278. The molecule has 0 bridgehead atoms. The van der Waals surface area contributed by atoms with Gasteiger partial charge in [-0.05, 0) is 37.1 Å². The van der Waals surface area contributed by atoms with E-state index in [0.717, 1.165) is 18.9 Å². The van der Waals surface area contributed by atoms with Gasteiger partial charge in [0.1, 0.15) is 5.82 Å². The van der Waals surface area contributed by atoms with Gasteiger partial charge in [-0.15, -0.1) is 0 Å². The number of nitrogens with one attached hydrogen (secondary N) is 2. The quantitative estimate of drug-likeness (QED) is 0.839. The number of ether oxygens (including phenoxy) is 1. The molecule has 1 aromatic heterocycles. The number of carbonyl (C=O) groups excluding carboxylic acids is 2. The van der Waals surface area contributed by atoms with Crippen LogP contribution in [0.15, 0.2) is 36.7 Å². The molecule has 1 aromatic carbocycles. The molecule has 1 saturated heterocycles. The number of hydrogen-bond donors (Lipinski definition) is 2. The van der Waals surface area contributed by atoms with E-state index in [1.807, 2.05) is 0 Å². The summed E-state index contributed by atoms with van der Waals surface area (Å²) >= 11 is 5.70. The Kier molecular flexibility index (Phi) is 5.80. The summed E-state index contributed by atoms with van der Waals surface area (Å²) in [6.45, 7) is 1.13. The summed E-state index contributed by atoms with van der Waals surface area (Å²) in [5.41, 5.74) is 0.817. The molecule has 136 valence electrons. The molecule has 26 heavy (non-hydrogen) atoms. The zero-order valence-corrected chi connectivity index (χ0v) is 14.6. The summed E-state index contributed by atoms with van der Waals surface area (Å²) in [6.07, 6.45) is 4.67. The highest BCUT2D eigenvalue weighted by atomic mass is 35.5. The third-order valence-corrected chi connectivity index (χ3v) is 4.24. The lowest BCUT2D eigenvalue weighted by Crippen LogP contribution is -2.32. The van der Waals surface area contributed by atoms with E-state index in [2.05, 4.69) is 15.6 Å². The number of hydrogen-bond acceptors (Lipinski definition) is 4. The Bertz CT molecular complexity index is 825. The Morgan fingerprint density at radius 2 is 2.00 bits per heavy atom. The largest absolute Gasteiger partial charge is 0.376 e. The highest BCUT2D eigenvalue weighted by molar-refractivity contribution is 6.31. The minimum Gasteiger partial charge on any atom is -0.376 e. The van der Waals surface area contributed by atoms with Crippen molar-refractivity contribution in [2.45, 2.75) is 18.9 Å². The maximum atomic E-state index is 13.2. The second kappa shape index (κ2) is 8.25. The SMILES string of the molecule is O=C(NCC1CCCO1)c1cncc(C(=O)Nc2ccc(F)c(Cl)c2)c1. The lowest BCUT2D eigenvalue weighted by Gasteiger charge is -2.11. The van der Waals surface area contributed by atoms with Crippen LogP contribution in [0.2, 0.25) is 5.02 Å². The molecule has 3 rings (SSSR count). The number of nitrogens with zero attached hydrogens (tertiary/aromatic N) is 1. The fourth-order valence-electron chi connectivity index (χ4n) is 2.58. The second-order valence-electron chi connectivity index (χ2n) is 5.89. The number of halogens is 2. The maximum absolute atomic E-state index is 13.2. The summed E-state index contributed by atoms with van der Waals surface area (Å²) < 4.78 is 18.6. The van der Waals surface area contributed by atoms with Crippen LogP contribution in [0.4, 0.5) is 10.1 Å². The van der Waals surface area contributed by atoms with Crippen LogP contribution in [0.25, 0.3) is 0 Å². The van der Waals surface area contributed by atoms with E-state index < -0.39 is 11.7 Å². The highest BCUT2D eigenvalue weighted by Gasteiger charge is 2.17. The Labute approximate surface area is 154 Å². The molecule has 0 aliphatic carbocycles. The van der Waals surface area contributed by atoms with Crippen LogP contribution < -0.4 is 10.6 Å². The van der Waals surface area contributed by atoms with Gasteiger partial charge in [0.15, 0.2) is 0 Å². The van der Waals surface area contributed by atoms with Gasteiger partial charge in [0.25, 0.3) is 11.8 Å². The first-order valence-corrected chi connectivity index (χ1v) is 8.52. The van der Waals surface area contributed by atoms with Crippen LogP contribution >= 0.6 is 11.6 Å². The van der Waals surface area contributed by atoms with E-state index in [9.17, 15) is 14.0 Å². The first-order chi connectivity index (χ1) is 12.5. The summed E-state index contributed by atoms with van der Waals surface area (Å²) in [4.78, 5) is 28.5. The maximum Gasteiger partial charge on any atom is 0.257 e. The second-order valence-corrected chi connectivity index (χ2v) is 6.30. The monoisotopic (exact) mass is 377 g/mol. The first kappa shape index (κ1) is 18.3. The van der Waals surface area contributed by atoms with Crippen LogP contribution in [-0.4, -0.2) is 36.1 Å². The molecule has 1 aliphatic heterocycles. The lowest BCUT2D eigenvalue weighted by molar-refractivity contribution is 0.0857.